The quantitative estimate of drug-likeness (QED) is 0.762. The van der Waals surface area contributed by atoms with Crippen LogP contribution in [0.3, 0.4) is 0 Å². The van der Waals surface area contributed by atoms with Gasteiger partial charge in [0.15, 0.2) is 0 Å². The van der Waals surface area contributed by atoms with E-state index >= 15 is 0 Å². The zero-order chi connectivity index (χ0) is 13.3. The first-order valence-electron chi connectivity index (χ1n) is 6.53. The lowest BCUT2D eigenvalue weighted by Crippen LogP contribution is -2.08. The minimum Gasteiger partial charge on any atom is -0.457 e. The first-order valence-corrected chi connectivity index (χ1v) is 6.53. The maximum atomic E-state index is 5.72. The normalized spacial score (nSPS) is 10.2. The molecule has 3 nitrogen and oxygen atoms in total. The van der Waals surface area contributed by atoms with Crippen LogP contribution in [0.5, 0.6) is 11.5 Å². The monoisotopic (exact) mass is 257 g/mol. The third-order valence-corrected chi connectivity index (χ3v) is 2.61. The van der Waals surface area contributed by atoms with Crippen molar-refractivity contribution in [3.8, 4) is 11.5 Å². The predicted octanol–water partition coefficient (Wildman–Crippen LogP) is 3.93. The topological polar surface area (TPSA) is 30.5 Å². The second-order valence-electron chi connectivity index (χ2n) is 4.06. The number of nitrogens with one attached hydrogen (secondary N) is 1. The van der Waals surface area contributed by atoms with Crippen LogP contribution in [0.4, 0.5) is 5.69 Å². The molecule has 0 aliphatic heterocycles. The van der Waals surface area contributed by atoms with Gasteiger partial charge in [0.25, 0.3) is 0 Å². The van der Waals surface area contributed by atoms with Crippen LogP contribution in [0.2, 0.25) is 0 Å². The third-order valence-electron chi connectivity index (χ3n) is 2.61. The minimum atomic E-state index is 0.721. The number of para-hydroxylation sites is 1. The lowest BCUT2D eigenvalue weighted by molar-refractivity contribution is 0.158. The van der Waals surface area contributed by atoms with Gasteiger partial charge < -0.3 is 14.8 Å². The molecule has 19 heavy (non-hydrogen) atoms. The molecule has 3 heteroatoms. The predicted molar refractivity (Wildman–Crippen MR) is 77.9 cm³/mol. The van der Waals surface area contributed by atoms with E-state index < -0.39 is 0 Å². The number of hydrogen-bond acceptors (Lipinski definition) is 3. The van der Waals surface area contributed by atoms with E-state index in [1.165, 1.54) is 0 Å². The van der Waals surface area contributed by atoms with E-state index in [4.69, 9.17) is 9.47 Å². The highest BCUT2D eigenvalue weighted by Crippen LogP contribution is 2.22. The summed E-state index contributed by atoms with van der Waals surface area (Å²) in [5.41, 5.74) is 1.07. The molecular formula is C16H19NO2. The standard InChI is InChI=1S/C16H19NO2/c1-2-18-13-12-17-14-8-10-16(11-9-14)19-15-6-4-3-5-7-15/h3-11,17H,2,12-13H2,1H3. The summed E-state index contributed by atoms with van der Waals surface area (Å²) in [6, 6.07) is 17.7. The Hall–Kier alpha value is -2.00. The van der Waals surface area contributed by atoms with Crippen LogP contribution in [0.25, 0.3) is 0 Å². The van der Waals surface area contributed by atoms with Gasteiger partial charge in [0.2, 0.25) is 0 Å². The molecule has 0 fully saturated rings. The third kappa shape index (κ3) is 4.64. The number of benzene rings is 2. The van der Waals surface area contributed by atoms with Crippen molar-refractivity contribution in [2.45, 2.75) is 6.92 Å². The summed E-state index contributed by atoms with van der Waals surface area (Å²) in [6.45, 7) is 4.28. The molecule has 100 valence electrons. The van der Waals surface area contributed by atoms with Gasteiger partial charge in [-0.25, -0.2) is 0 Å². The number of anilines is 1. The molecule has 2 aromatic carbocycles. The van der Waals surface area contributed by atoms with Gasteiger partial charge in [-0.3, -0.25) is 0 Å². The molecule has 0 saturated carbocycles. The molecule has 0 radical (unpaired) electrons. The van der Waals surface area contributed by atoms with Crippen molar-refractivity contribution in [2.24, 2.45) is 0 Å². The Morgan fingerprint density at radius 1 is 0.895 bits per heavy atom. The van der Waals surface area contributed by atoms with Crippen molar-refractivity contribution in [3.63, 3.8) is 0 Å². The van der Waals surface area contributed by atoms with Crippen LogP contribution in [0, 0.1) is 0 Å². The van der Waals surface area contributed by atoms with E-state index in [9.17, 15) is 0 Å². The Bertz CT molecular complexity index is 468. The SMILES string of the molecule is CCOCCNc1ccc(Oc2ccccc2)cc1. The molecule has 0 aliphatic rings. The van der Waals surface area contributed by atoms with Crippen LogP contribution in [0.1, 0.15) is 6.92 Å². The Labute approximate surface area is 114 Å². The van der Waals surface area contributed by atoms with Crippen LogP contribution in [-0.4, -0.2) is 19.8 Å². The van der Waals surface area contributed by atoms with E-state index in [0.717, 1.165) is 36.9 Å². The molecule has 0 saturated heterocycles. The molecular weight excluding hydrogens is 238 g/mol. The Balaban J connectivity index is 1.84. The van der Waals surface area contributed by atoms with E-state index in [1.807, 2.05) is 61.5 Å². The van der Waals surface area contributed by atoms with E-state index in [1.54, 1.807) is 0 Å². The van der Waals surface area contributed by atoms with Gasteiger partial charge in [0.1, 0.15) is 11.5 Å². The summed E-state index contributed by atoms with van der Waals surface area (Å²) < 4.78 is 11.0. The Kier molecular flexibility index (Phi) is 5.26. The van der Waals surface area contributed by atoms with Crippen molar-refractivity contribution in [1.29, 1.82) is 0 Å². The number of ether oxygens (including phenoxy) is 2. The highest BCUT2D eigenvalue weighted by atomic mass is 16.5. The molecule has 0 bridgehead atoms. The highest BCUT2D eigenvalue weighted by Gasteiger charge is 1.97. The Morgan fingerprint density at radius 2 is 1.58 bits per heavy atom. The van der Waals surface area contributed by atoms with Gasteiger partial charge in [0, 0.05) is 18.8 Å². The molecule has 0 unspecified atom stereocenters. The molecule has 0 aromatic heterocycles. The summed E-state index contributed by atoms with van der Waals surface area (Å²) in [5, 5.41) is 3.29. The molecule has 2 rings (SSSR count). The minimum absolute atomic E-state index is 0.721. The first kappa shape index (κ1) is 13.4. The van der Waals surface area contributed by atoms with E-state index in [2.05, 4.69) is 5.32 Å². The molecule has 2 aromatic rings. The van der Waals surface area contributed by atoms with Crippen molar-refractivity contribution in [3.05, 3.63) is 54.6 Å². The van der Waals surface area contributed by atoms with Crippen molar-refractivity contribution in [1.82, 2.24) is 0 Å². The zero-order valence-corrected chi connectivity index (χ0v) is 11.1. The fourth-order valence-corrected chi connectivity index (χ4v) is 1.68. The van der Waals surface area contributed by atoms with Crippen molar-refractivity contribution in [2.75, 3.05) is 25.1 Å². The summed E-state index contributed by atoms with van der Waals surface area (Å²) in [5.74, 6) is 1.68. The summed E-state index contributed by atoms with van der Waals surface area (Å²) >= 11 is 0. The van der Waals surface area contributed by atoms with Gasteiger partial charge in [0.05, 0.1) is 6.61 Å². The number of hydrogen-bond donors (Lipinski definition) is 1. The van der Waals surface area contributed by atoms with Crippen LogP contribution in [-0.2, 0) is 4.74 Å². The fourth-order valence-electron chi connectivity index (χ4n) is 1.68. The van der Waals surface area contributed by atoms with Crippen molar-refractivity contribution >= 4 is 5.69 Å². The molecule has 0 aliphatic carbocycles. The molecule has 0 amide bonds. The zero-order valence-electron chi connectivity index (χ0n) is 11.1. The second-order valence-corrected chi connectivity index (χ2v) is 4.06. The molecule has 0 heterocycles. The van der Waals surface area contributed by atoms with Crippen LogP contribution >= 0.6 is 0 Å². The van der Waals surface area contributed by atoms with Crippen molar-refractivity contribution < 1.29 is 9.47 Å². The van der Waals surface area contributed by atoms with Gasteiger partial charge in [-0.05, 0) is 43.3 Å². The number of rotatable bonds is 7. The molecule has 1 N–H and O–H groups in total. The van der Waals surface area contributed by atoms with E-state index in [-0.39, 0.29) is 0 Å². The second kappa shape index (κ2) is 7.44. The largest absolute Gasteiger partial charge is 0.457 e. The summed E-state index contributed by atoms with van der Waals surface area (Å²) in [4.78, 5) is 0. The van der Waals surface area contributed by atoms with Crippen LogP contribution < -0.4 is 10.1 Å². The fraction of sp³-hybridized carbons (Fsp3) is 0.250. The maximum Gasteiger partial charge on any atom is 0.127 e. The maximum absolute atomic E-state index is 5.72. The van der Waals surface area contributed by atoms with E-state index in [0.29, 0.717) is 0 Å². The first-order chi connectivity index (χ1) is 9.38. The lowest BCUT2D eigenvalue weighted by atomic mass is 10.3. The highest BCUT2D eigenvalue weighted by molar-refractivity contribution is 5.47. The molecule has 0 spiro atoms. The molecule has 0 atom stereocenters. The Morgan fingerprint density at radius 3 is 2.26 bits per heavy atom. The average Bonchev–Trinajstić information content (AvgIpc) is 2.46. The van der Waals surface area contributed by atoms with Crippen LogP contribution in [0.15, 0.2) is 54.6 Å². The van der Waals surface area contributed by atoms with Gasteiger partial charge >= 0.3 is 0 Å². The summed E-state index contributed by atoms with van der Waals surface area (Å²) in [6.07, 6.45) is 0. The van der Waals surface area contributed by atoms with Gasteiger partial charge in [-0.2, -0.15) is 0 Å². The summed E-state index contributed by atoms with van der Waals surface area (Å²) in [7, 11) is 0. The van der Waals surface area contributed by atoms with Gasteiger partial charge in [-0.1, -0.05) is 18.2 Å². The smallest absolute Gasteiger partial charge is 0.127 e. The average molecular weight is 257 g/mol. The lowest BCUT2D eigenvalue weighted by Gasteiger charge is -2.08. The van der Waals surface area contributed by atoms with Gasteiger partial charge in [-0.15, -0.1) is 0 Å².